The van der Waals surface area contributed by atoms with E-state index in [2.05, 4.69) is 39.9 Å². The summed E-state index contributed by atoms with van der Waals surface area (Å²) in [6.07, 6.45) is 7.37. The van der Waals surface area contributed by atoms with Crippen LogP contribution in [0.4, 0.5) is 10.1 Å². The molecule has 2 amide bonds. The number of unbranched alkanes of at least 4 members (excludes halogenated alkanes) is 1. The molecule has 0 aromatic heterocycles. The third-order valence-corrected chi connectivity index (χ3v) is 7.45. The van der Waals surface area contributed by atoms with E-state index in [4.69, 9.17) is 9.47 Å². The number of methoxy groups -OCH3 is 1. The molecule has 1 heterocycles. The molecule has 2 atom stereocenters. The highest BCUT2D eigenvalue weighted by molar-refractivity contribution is 5.52. The smallest absolute Gasteiger partial charge is 0.207 e. The summed E-state index contributed by atoms with van der Waals surface area (Å²) in [6, 6.07) is 11.2. The Hall–Kier alpha value is -3.33. The van der Waals surface area contributed by atoms with E-state index in [0.717, 1.165) is 81.7 Å². The number of ether oxygens (including phenoxy) is 2. The van der Waals surface area contributed by atoms with Crippen molar-refractivity contribution in [2.24, 2.45) is 0 Å². The van der Waals surface area contributed by atoms with E-state index >= 15 is 0 Å². The third kappa shape index (κ3) is 10.0. The monoisotopic (exact) mass is 556 g/mol. The number of nitrogens with one attached hydrogen (secondary N) is 3. The van der Waals surface area contributed by atoms with E-state index in [-0.39, 0.29) is 17.8 Å². The lowest BCUT2D eigenvalue weighted by Gasteiger charge is -2.30. The van der Waals surface area contributed by atoms with Gasteiger partial charge in [-0.3, -0.25) is 9.59 Å². The van der Waals surface area contributed by atoms with Gasteiger partial charge < -0.3 is 30.3 Å². The molecule has 40 heavy (non-hydrogen) atoms. The highest BCUT2D eigenvalue weighted by Gasteiger charge is 2.19. The first-order chi connectivity index (χ1) is 19.6. The maximum atomic E-state index is 14.6. The normalized spacial score (nSPS) is 14.7. The van der Waals surface area contributed by atoms with E-state index in [1.54, 1.807) is 13.2 Å². The number of nitrogens with zero attached hydrogens (tertiary/aromatic N) is 1. The third-order valence-electron chi connectivity index (χ3n) is 7.45. The first-order valence-corrected chi connectivity index (χ1v) is 14.5. The van der Waals surface area contributed by atoms with Gasteiger partial charge in [-0.2, -0.15) is 0 Å². The number of aryl methyl sites for hydroxylation is 1. The van der Waals surface area contributed by atoms with E-state index in [0.29, 0.717) is 38.1 Å². The molecule has 1 fully saturated rings. The Kier molecular flexibility index (Phi) is 13.6. The van der Waals surface area contributed by atoms with Crippen molar-refractivity contribution >= 4 is 18.5 Å². The van der Waals surface area contributed by atoms with Crippen LogP contribution in [0.25, 0.3) is 0 Å². The van der Waals surface area contributed by atoms with Crippen LogP contribution >= 0.6 is 0 Å². The van der Waals surface area contributed by atoms with Gasteiger partial charge in [-0.15, -0.1) is 0 Å². The minimum absolute atomic E-state index is 0.205. The molecule has 1 aliphatic rings. The summed E-state index contributed by atoms with van der Waals surface area (Å²) in [4.78, 5) is 23.8. The largest absolute Gasteiger partial charge is 0.496 e. The lowest BCUT2D eigenvalue weighted by atomic mass is 9.88. The zero-order chi connectivity index (χ0) is 28.6. The van der Waals surface area contributed by atoms with Crippen LogP contribution in [0, 0.1) is 5.82 Å². The van der Waals surface area contributed by atoms with Gasteiger partial charge in [0.05, 0.1) is 7.11 Å². The van der Waals surface area contributed by atoms with Crippen LogP contribution in [0.2, 0.25) is 0 Å². The summed E-state index contributed by atoms with van der Waals surface area (Å²) in [5.74, 6) is 1.32. The van der Waals surface area contributed by atoms with Gasteiger partial charge >= 0.3 is 0 Å². The van der Waals surface area contributed by atoms with Crippen LogP contribution in [0.15, 0.2) is 36.4 Å². The molecular formula is C31H45FN4O4. The number of amides is 2. The van der Waals surface area contributed by atoms with Crippen LogP contribution in [0.1, 0.15) is 62.5 Å². The maximum absolute atomic E-state index is 14.6. The Morgan fingerprint density at radius 3 is 2.45 bits per heavy atom. The number of rotatable bonds is 19. The summed E-state index contributed by atoms with van der Waals surface area (Å²) in [5.41, 5.74) is 3.15. The fourth-order valence-corrected chi connectivity index (χ4v) is 5.29. The van der Waals surface area contributed by atoms with E-state index < -0.39 is 0 Å². The molecule has 0 aliphatic carbocycles. The number of hydrogen-bond acceptors (Lipinski definition) is 6. The second-order valence-corrected chi connectivity index (χ2v) is 10.3. The number of carbonyl (C=O) groups is 2. The Labute approximate surface area is 238 Å². The summed E-state index contributed by atoms with van der Waals surface area (Å²) in [5, 5.41) is 8.84. The average Bonchev–Trinajstić information content (AvgIpc) is 2.97. The Bertz CT molecular complexity index is 1050. The van der Waals surface area contributed by atoms with Crippen molar-refractivity contribution in [3.63, 3.8) is 0 Å². The zero-order valence-electron chi connectivity index (χ0n) is 23.9. The molecule has 3 rings (SSSR count). The van der Waals surface area contributed by atoms with Gasteiger partial charge in [0.15, 0.2) is 0 Å². The second kappa shape index (κ2) is 17.4. The average molecular weight is 557 g/mol. The molecule has 2 aromatic carbocycles. The lowest BCUT2D eigenvalue weighted by molar-refractivity contribution is -0.110. The van der Waals surface area contributed by atoms with Crippen molar-refractivity contribution in [3.05, 3.63) is 53.3 Å². The number of anilines is 1. The first kappa shape index (κ1) is 31.2. The van der Waals surface area contributed by atoms with Gasteiger partial charge in [0.1, 0.15) is 23.4 Å². The molecule has 9 heteroatoms. The quantitative estimate of drug-likeness (QED) is 0.178. The number of piperazine rings is 1. The molecule has 0 saturated carbocycles. The predicted molar refractivity (Wildman–Crippen MR) is 157 cm³/mol. The van der Waals surface area contributed by atoms with Crippen molar-refractivity contribution < 1.29 is 23.5 Å². The summed E-state index contributed by atoms with van der Waals surface area (Å²) < 4.78 is 26.6. The zero-order valence-corrected chi connectivity index (χ0v) is 23.9. The first-order valence-electron chi connectivity index (χ1n) is 14.5. The predicted octanol–water partition coefficient (Wildman–Crippen LogP) is 4.17. The summed E-state index contributed by atoms with van der Waals surface area (Å²) in [7, 11) is 1.69. The molecule has 0 spiro atoms. The standard InChI is InChI=1S/C31H45FN4O4/c1-3-4-5-25(10-12-34-22-37)30-18-24(7-9-31(30)39-2)6-8-28(11-13-35-23-38)40-29-20-26(32)19-27(21-29)36-16-14-33-15-17-36/h7,9,18-23,25,28,33H,3-6,8,10-17H2,1-2H3,(H,34,37)(H,35,38). The Morgan fingerprint density at radius 1 is 1.00 bits per heavy atom. The van der Waals surface area contributed by atoms with Crippen molar-refractivity contribution in [2.75, 3.05) is 51.3 Å². The highest BCUT2D eigenvalue weighted by Crippen LogP contribution is 2.34. The number of halogens is 1. The molecule has 0 radical (unpaired) electrons. The molecule has 1 aliphatic heterocycles. The molecule has 3 N–H and O–H groups in total. The Balaban J connectivity index is 1.75. The summed E-state index contributed by atoms with van der Waals surface area (Å²) >= 11 is 0. The van der Waals surface area contributed by atoms with Crippen molar-refractivity contribution in [1.29, 1.82) is 0 Å². The molecule has 8 nitrogen and oxygen atoms in total. The van der Waals surface area contributed by atoms with Crippen LogP contribution in [-0.2, 0) is 16.0 Å². The summed E-state index contributed by atoms with van der Waals surface area (Å²) in [6.45, 7) is 6.64. The van der Waals surface area contributed by atoms with Crippen LogP contribution in [0.3, 0.4) is 0 Å². The second-order valence-electron chi connectivity index (χ2n) is 10.3. The SMILES string of the molecule is CCCCC(CCNC=O)c1cc(CCC(CCNC=O)Oc2cc(F)cc(N3CCNCC3)c2)ccc1OC. The fraction of sp³-hybridized carbons (Fsp3) is 0.548. The van der Waals surface area contributed by atoms with Crippen LogP contribution in [0.5, 0.6) is 11.5 Å². The number of carbonyl (C=O) groups excluding carboxylic acids is 2. The lowest BCUT2D eigenvalue weighted by Crippen LogP contribution is -2.43. The van der Waals surface area contributed by atoms with Crippen molar-refractivity contribution in [2.45, 2.75) is 63.9 Å². The van der Waals surface area contributed by atoms with E-state index in [1.807, 2.05) is 12.1 Å². The minimum atomic E-state index is -0.321. The maximum Gasteiger partial charge on any atom is 0.207 e. The fourth-order valence-electron chi connectivity index (χ4n) is 5.29. The van der Waals surface area contributed by atoms with Gasteiger partial charge in [-0.05, 0) is 54.9 Å². The molecule has 1 saturated heterocycles. The van der Waals surface area contributed by atoms with Crippen LogP contribution < -0.4 is 30.3 Å². The highest BCUT2D eigenvalue weighted by atomic mass is 19.1. The van der Waals surface area contributed by atoms with Gasteiger partial charge in [-0.25, -0.2) is 4.39 Å². The van der Waals surface area contributed by atoms with E-state index in [9.17, 15) is 14.0 Å². The molecule has 220 valence electrons. The molecule has 0 bridgehead atoms. The van der Waals surface area contributed by atoms with Gasteiger partial charge in [-0.1, -0.05) is 31.9 Å². The van der Waals surface area contributed by atoms with E-state index in [1.165, 1.54) is 11.6 Å². The molecule has 2 unspecified atom stereocenters. The van der Waals surface area contributed by atoms with Crippen molar-refractivity contribution in [3.8, 4) is 11.5 Å². The number of hydrogen-bond donors (Lipinski definition) is 3. The van der Waals surface area contributed by atoms with Gasteiger partial charge in [0.2, 0.25) is 12.8 Å². The topological polar surface area (TPSA) is 91.9 Å². The molecule has 2 aromatic rings. The van der Waals surface area contributed by atoms with Crippen LogP contribution in [-0.4, -0.2) is 65.3 Å². The van der Waals surface area contributed by atoms with Crippen molar-refractivity contribution in [1.82, 2.24) is 16.0 Å². The number of benzene rings is 2. The minimum Gasteiger partial charge on any atom is -0.496 e. The van der Waals surface area contributed by atoms with Gasteiger partial charge in [0, 0.05) is 63.5 Å². The Morgan fingerprint density at radius 2 is 1.75 bits per heavy atom. The molecular weight excluding hydrogens is 511 g/mol. The van der Waals surface area contributed by atoms with Gasteiger partial charge in [0.25, 0.3) is 0 Å².